The summed E-state index contributed by atoms with van der Waals surface area (Å²) in [6.45, 7) is 3.74. The molecule has 0 spiro atoms. The highest BCUT2D eigenvalue weighted by molar-refractivity contribution is 6.30. The van der Waals surface area contributed by atoms with Crippen molar-refractivity contribution < 1.29 is 9.90 Å². The third kappa shape index (κ3) is 6.92. The van der Waals surface area contributed by atoms with Crippen molar-refractivity contribution in [3.63, 3.8) is 0 Å². The molecule has 0 atom stereocenters. The fourth-order valence-electron chi connectivity index (χ4n) is 3.83. The number of aliphatic carboxylic acids is 1. The fraction of sp³-hybridized carbons (Fsp3) is 0.172. The highest BCUT2D eigenvalue weighted by atomic mass is 35.5. The average molecular weight is 486 g/mol. The van der Waals surface area contributed by atoms with Crippen LogP contribution in [0, 0.1) is 6.92 Å². The lowest BCUT2D eigenvalue weighted by Gasteiger charge is -2.14. The lowest BCUT2D eigenvalue weighted by atomic mass is 9.98. The summed E-state index contributed by atoms with van der Waals surface area (Å²) < 4.78 is 0. The van der Waals surface area contributed by atoms with Crippen LogP contribution in [0.5, 0.6) is 0 Å². The third-order valence-electron chi connectivity index (χ3n) is 5.77. The Morgan fingerprint density at radius 3 is 2.23 bits per heavy atom. The van der Waals surface area contributed by atoms with Gasteiger partial charge in [0.05, 0.1) is 12.1 Å². The SMILES string of the molecule is Cc1ccc(CNc2ccc(-c3ccc(Cl)cc3)cc2)c(-c2ccc(CNCCC(=O)O)nc2)c1. The van der Waals surface area contributed by atoms with E-state index >= 15 is 0 Å². The van der Waals surface area contributed by atoms with Crippen molar-refractivity contribution in [2.24, 2.45) is 0 Å². The number of nitrogens with zero attached hydrogens (tertiary/aromatic N) is 1. The van der Waals surface area contributed by atoms with Crippen molar-refractivity contribution in [2.45, 2.75) is 26.4 Å². The van der Waals surface area contributed by atoms with Gasteiger partial charge in [0.15, 0.2) is 0 Å². The predicted molar refractivity (Wildman–Crippen MR) is 143 cm³/mol. The molecule has 3 N–H and O–H groups in total. The number of benzene rings is 3. The third-order valence-corrected chi connectivity index (χ3v) is 6.02. The van der Waals surface area contributed by atoms with Gasteiger partial charge in [-0.15, -0.1) is 0 Å². The lowest BCUT2D eigenvalue weighted by molar-refractivity contribution is -0.136. The lowest BCUT2D eigenvalue weighted by Crippen LogP contribution is -2.18. The summed E-state index contributed by atoms with van der Waals surface area (Å²) in [5.74, 6) is -0.807. The first-order valence-electron chi connectivity index (χ1n) is 11.5. The number of aromatic nitrogens is 1. The number of anilines is 1. The van der Waals surface area contributed by atoms with Crippen LogP contribution in [0.4, 0.5) is 5.69 Å². The number of rotatable bonds is 10. The number of aryl methyl sites for hydroxylation is 1. The van der Waals surface area contributed by atoms with Crippen LogP contribution in [0.15, 0.2) is 85.1 Å². The summed E-state index contributed by atoms with van der Waals surface area (Å²) in [4.78, 5) is 15.2. The number of hydrogen-bond acceptors (Lipinski definition) is 4. The van der Waals surface area contributed by atoms with E-state index in [1.165, 1.54) is 11.1 Å². The van der Waals surface area contributed by atoms with E-state index in [1.54, 1.807) is 0 Å². The standard InChI is InChI=1S/C29H28ClN3O2/c1-20-2-3-23(17-32-26-11-6-22(7-12-26)21-4-9-25(30)10-5-21)28(16-20)24-8-13-27(33-18-24)19-31-15-14-29(34)35/h2-13,16,18,31-32H,14-15,17,19H2,1H3,(H,34,35). The topological polar surface area (TPSA) is 74.2 Å². The van der Waals surface area contributed by atoms with Gasteiger partial charge in [0.1, 0.15) is 0 Å². The molecule has 0 saturated carbocycles. The highest BCUT2D eigenvalue weighted by Gasteiger charge is 2.08. The fourth-order valence-corrected chi connectivity index (χ4v) is 3.96. The molecule has 0 unspecified atom stereocenters. The van der Waals surface area contributed by atoms with Crippen molar-refractivity contribution in [3.8, 4) is 22.3 Å². The zero-order valence-corrected chi connectivity index (χ0v) is 20.3. The van der Waals surface area contributed by atoms with Gasteiger partial charge in [-0.3, -0.25) is 9.78 Å². The van der Waals surface area contributed by atoms with Gasteiger partial charge in [-0.1, -0.05) is 65.7 Å². The summed E-state index contributed by atoms with van der Waals surface area (Å²) in [6, 6.07) is 26.8. The maximum Gasteiger partial charge on any atom is 0.304 e. The molecule has 0 fully saturated rings. The number of carboxylic acids is 1. The quantitative estimate of drug-likeness (QED) is 0.222. The van der Waals surface area contributed by atoms with Gasteiger partial charge in [-0.05, 0) is 59.5 Å². The zero-order chi connectivity index (χ0) is 24.6. The molecule has 0 radical (unpaired) electrons. The molecule has 0 amide bonds. The van der Waals surface area contributed by atoms with E-state index < -0.39 is 5.97 Å². The molecule has 4 rings (SSSR count). The number of nitrogens with one attached hydrogen (secondary N) is 2. The first-order chi connectivity index (χ1) is 17.0. The Hall–Kier alpha value is -3.67. The van der Waals surface area contributed by atoms with Crippen LogP contribution < -0.4 is 10.6 Å². The highest BCUT2D eigenvalue weighted by Crippen LogP contribution is 2.27. The van der Waals surface area contributed by atoms with Crippen molar-refractivity contribution in [2.75, 3.05) is 11.9 Å². The van der Waals surface area contributed by atoms with Crippen LogP contribution in [0.25, 0.3) is 22.3 Å². The van der Waals surface area contributed by atoms with E-state index in [9.17, 15) is 4.79 Å². The molecule has 6 heteroatoms. The number of halogens is 1. The number of carbonyl (C=O) groups is 1. The van der Waals surface area contributed by atoms with Crippen molar-refractivity contribution >= 4 is 23.3 Å². The van der Waals surface area contributed by atoms with Crippen molar-refractivity contribution in [1.29, 1.82) is 0 Å². The van der Waals surface area contributed by atoms with Crippen LogP contribution in [0.1, 0.15) is 23.2 Å². The number of carboxylic acid groups (broad SMARTS) is 1. The van der Waals surface area contributed by atoms with Gasteiger partial charge in [0, 0.05) is 42.1 Å². The van der Waals surface area contributed by atoms with E-state index in [0.717, 1.165) is 38.7 Å². The second-order valence-electron chi connectivity index (χ2n) is 8.46. The van der Waals surface area contributed by atoms with Crippen LogP contribution in [0.3, 0.4) is 0 Å². The molecule has 3 aromatic carbocycles. The summed E-state index contributed by atoms with van der Waals surface area (Å²) in [5, 5.41) is 16.1. The Morgan fingerprint density at radius 2 is 1.57 bits per heavy atom. The summed E-state index contributed by atoms with van der Waals surface area (Å²) in [7, 11) is 0. The Balaban J connectivity index is 1.42. The van der Waals surface area contributed by atoms with Gasteiger partial charge >= 0.3 is 5.97 Å². The van der Waals surface area contributed by atoms with Crippen molar-refractivity contribution in [3.05, 3.63) is 107 Å². The molecular formula is C29H28ClN3O2. The Bertz CT molecular complexity index is 1270. The second-order valence-corrected chi connectivity index (χ2v) is 8.89. The molecule has 178 valence electrons. The van der Waals surface area contributed by atoms with Gasteiger partial charge < -0.3 is 15.7 Å². The largest absolute Gasteiger partial charge is 0.481 e. The molecular weight excluding hydrogens is 458 g/mol. The normalized spacial score (nSPS) is 10.8. The van der Waals surface area contributed by atoms with Gasteiger partial charge in [0.25, 0.3) is 0 Å². The first-order valence-corrected chi connectivity index (χ1v) is 11.9. The zero-order valence-electron chi connectivity index (χ0n) is 19.6. The van der Waals surface area contributed by atoms with Crippen molar-refractivity contribution in [1.82, 2.24) is 10.3 Å². The summed E-state index contributed by atoms with van der Waals surface area (Å²) in [6.07, 6.45) is 1.98. The smallest absolute Gasteiger partial charge is 0.304 e. The molecule has 0 bridgehead atoms. The second kappa shape index (κ2) is 11.6. The van der Waals surface area contributed by atoms with E-state index in [-0.39, 0.29) is 6.42 Å². The van der Waals surface area contributed by atoms with E-state index in [2.05, 4.69) is 71.1 Å². The summed E-state index contributed by atoms with van der Waals surface area (Å²) >= 11 is 6.00. The molecule has 0 aliphatic carbocycles. The van der Waals surface area contributed by atoms with Gasteiger partial charge in [-0.25, -0.2) is 0 Å². The maximum absolute atomic E-state index is 10.6. The van der Waals surface area contributed by atoms with Crippen LogP contribution in [-0.2, 0) is 17.9 Å². The van der Waals surface area contributed by atoms with Crippen LogP contribution >= 0.6 is 11.6 Å². The van der Waals surface area contributed by atoms with E-state index in [1.807, 2.05) is 36.5 Å². The Labute approximate surface area is 210 Å². The molecule has 35 heavy (non-hydrogen) atoms. The van der Waals surface area contributed by atoms with Gasteiger partial charge in [-0.2, -0.15) is 0 Å². The minimum absolute atomic E-state index is 0.0988. The molecule has 0 aliphatic heterocycles. The molecule has 4 aromatic rings. The molecule has 0 saturated heterocycles. The van der Waals surface area contributed by atoms with Crippen LogP contribution in [-0.4, -0.2) is 22.6 Å². The average Bonchev–Trinajstić information content (AvgIpc) is 2.87. The molecule has 0 aliphatic rings. The Morgan fingerprint density at radius 1 is 0.886 bits per heavy atom. The van der Waals surface area contributed by atoms with Crippen LogP contribution in [0.2, 0.25) is 5.02 Å². The first kappa shape index (κ1) is 24.5. The Kier molecular flexibility index (Phi) is 8.14. The monoisotopic (exact) mass is 485 g/mol. The molecule has 1 aromatic heterocycles. The summed E-state index contributed by atoms with van der Waals surface area (Å²) in [5.41, 5.74) is 8.79. The predicted octanol–water partition coefficient (Wildman–Crippen LogP) is 6.55. The molecule has 5 nitrogen and oxygen atoms in total. The maximum atomic E-state index is 10.6. The minimum atomic E-state index is -0.807. The van der Waals surface area contributed by atoms with E-state index in [4.69, 9.17) is 16.7 Å². The number of hydrogen-bond donors (Lipinski definition) is 3. The van der Waals surface area contributed by atoms with E-state index in [0.29, 0.717) is 19.6 Å². The molecule has 1 heterocycles. The minimum Gasteiger partial charge on any atom is -0.481 e. The van der Waals surface area contributed by atoms with Gasteiger partial charge in [0.2, 0.25) is 0 Å². The number of pyridine rings is 1.